The molecule has 27 heavy (non-hydrogen) atoms. The fourth-order valence-corrected chi connectivity index (χ4v) is 3.38. The second kappa shape index (κ2) is 9.01. The highest BCUT2D eigenvalue weighted by Crippen LogP contribution is 2.18. The number of carbonyl (C=O) groups is 1. The van der Waals surface area contributed by atoms with E-state index in [2.05, 4.69) is 10.0 Å². The summed E-state index contributed by atoms with van der Waals surface area (Å²) in [6.07, 6.45) is 2.43. The first kappa shape index (κ1) is 20.9. The highest BCUT2D eigenvalue weighted by molar-refractivity contribution is 7.89. The molecule has 2 rings (SSSR count). The lowest BCUT2D eigenvalue weighted by Gasteiger charge is -2.10. The summed E-state index contributed by atoms with van der Waals surface area (Å²) in [4.78, 5) is 12.0. The standard InChI is InChI=1S/C18H19F3N2O3S/c1-2-3-4-9-22-27(25,26)13-6-8-15(19)14(11-13)18(24)23-12-5-7-16(20)17(21)10-12/h5-8,10-11,22H,2-4,9H2,1H3,(H,23,24). The average Bonchev–Trinajstić information content (AvgIpc) is 2.62. The number of nitrogens with one attached hydrogen (secondary N) is 2. The molecule has 0 aliphatic rings. The van der Waals surface area contributed by atoms with Gasteiger partial charge in [0.15, 0.2) is 11.6 Å². The monoisotopic (exact) mass is 400 g/mol. The third-order valence-corrected chi connectivity index (χ3v) is 5.20. The van der Waals surface area contributed by atoms with Gasteiger partial charge >= 0.3 is 0 Å². The molecule has 0 radical (unpaired) electrons. The van der Waals surface area contributed by atoms with Crippen molar-refractivity contribution in [2.45, 2.75) is 31.1 Å². The Morgan fingerprint density at radius 3 is 2.33 bits per heavy atom. The maximum Gasteiger partial charge on any atom is 0.258 e. The number of hydrogen-bond acceptors (Lipinski definition) is 3. The Bertz CT molecular complexity index is 933. The van der Waals surface area contributed by atoms with Gasteiger partial charge in [-0.05, 0) is 36.8 Å². The predicted molar refractivity (Wildman–Crippen MR) is 95.4 cm³/mol. The molecule has 0 saturated carbocycles. The highest BCUT2D eigenvalue weighted by atomic mass is 32.2. The molecule has 0 bridgehead atoms. The van der Waals surface area contributed by atoms with E-state index in [-0.39, 0.29) is 17.1 Å². The van der Waals surface area contributed by atoms with Crippen molar-refractivity contribution in [3.8, 4) is 0 Å². The minimum absolute atomic E-state index is 0.0933. The molecule has 0 heterocycles. The van der Waals surface area contributed by atoms with Crippen LogP contribution >= 0.6 is 0 Å². The quantitative estimate of drug-likeness (QED) is 0.662. The van der Waals surface area contributed by atoms with Gasteiger partial charge < -0.3 is 5.32 Å². The predicted octanol–water partition coefficient (Wildman–Crippen LogP) is 3.82. The van der Waals surface area contributed by atoms with Crippen LogP contribution in [0.5, 0.6) is 0 Å². The molecular weight excluding hydrogens is 381 g/mol. The Balaban J connectivity index is 2.20. The maximum atomic E-state index is 14.0. The van der Waals surface area contributed by atoms with Gasteiger partial charge in [0.1, 0.15) is 5.82 Å². The molecule has 1 amide bonds. The van der Waals surface area contributed by atoms with E-state index in [1.807, 2.05) is 6.92 Å². The normalized spacial score (nSPS) is 11.4. The average molecular weight is 400 g/mol. The van der Waals surface area contributed by atoms with Gasteiger partial charge in [0.25, 0.3) is 5.91 Å². The molecule has 0 aliphatic carbocycles. The fourth-order valence-electron chi connectivity index (χ4n) is 2.28. The molecule has 5 nitrogen and oxygen atoms in total. The summed E-state index contributed by atoms with van der Waals surface area (Å²) in [7, 11) is -3.90. The number of sulfonamides is 1. The zero-order valence-corrected chi connectivity index (χ0v) is 15.4. The SMILES string of the molecule is CCCCCNS(=O)(=O)c1ccc(F)c(C(=O)Nc2ccc(F)c(F)c2)c1. The molecule has 0 fully saturated rings. The summed E-state index contributed by atoms with van der Waals surface area (Å²) in [5.41, 5.74) is -0.625. The third kappa shape index (κ3) is 5.54. The summed E-state index contributed by atoms with van der Waals surface area (Å²) in [5, 5.41) is 2.20. The van der Waals surface area contributed by atoms with Crippen LogP contribution in [0.2, 0.25) is 0 Å². The molecule has 0 aliphatic heterocycles. The van der Waals surface area contributed by atoms with Crippen molar-refractivity contribution in [3.63, 3.8) is 0 Å². The molecule has 0 atom stereocenters. The molecule has 0 aromatic heterocycles. The van der Waals surface area contributed by atoms with Gasteiger partial charge in [0.2, 0.25) is 10.0 Å². The van der Waals surface area contributed by atoms with Crippen LogP contribution in [0.3, 0.4) is 0 Å². The Hall–Kier alpha value is -2.39. The number of carbonyl (C=O) groups excluding carboxylic acids is 1. The molecule has 2 N–H and O–H groups in total. The van der Waals surface area contributed by atoms with Crippen molar-refractivity contribution in [1.82, 2.24) is 4.72 Å². The van der Waals surface area contributed by atoms with E-state index in [1.165, 1.54) is 0 Å². The Kier molecular flexibility index (Phi) is 6.98. The van der Waals surface area contributed by atoms with Crippen LogP contribution in [0.25, 0.3) is 0 Å². The summed E-state index contributed by atoms with van der Waals surface area (Å²) in [6, 6.07) is 5.45. The topological polar surface area (TPSA) is 75.3 Å². The van der Waals surface area contributed by atoms with Crippen molar-refractivity contribution >= 4 is 21.6 Å². The lowest BCUT2D eigenvalue weighted by molar-refractivity contribution is 0.102. The highest BCUT2D eigenvalue weighted by Gasteiger charge is 2.19. The molecule has 0 unspecified atom stereocenters. The second-order valence-corrected chi connectivity index (χ2v) is 7.60. The van der Waals surface area contributed by atoms with Crippen LogP contribution in [-0.4, -0.2) is 20.9 Å². The second-order valence-electron chi connectivity index (χ2n) is 5.83. The fraction of sp³-hybridized carbons (Fsp3) is 0.278. The van der Waals surface area contributed by atoms with Gasteiger partial charge in [-0.15, -0.1) is 0 Å². The van der Waals surface area contributed by atoms with E-state index >= 15 is 0 Å². The molecule has 146 valence electrons. The Morgan fingerprint density at radius 1 is 0.963 bits per heavy atom. The molecule has 2 aromatic rings. The van der Waals surface area contributed by atoms with Gasteiger partial charge in [-0.3, -0.25) is 4.79 Å². The van der Waals surface area contributed by atoms with E-state index in [1.54, 1.807) is 0 Å². The van der Waals surface area contributed by atoms with E-state index in [4.69, 9.17) is 0 Å². The number of halogens is 3. The van der Waals surface area contributed by atoms with Gasteiger partial charge in [-0.25, -0.2) is 26.3 Å². The lowest BCUT2D eigenvalue weighted by Crippen LogP contribution is -2.25. The number of amides is 1. The van der Waals surface area contributed by atoms with Crippen molar-refractivity contribution < 1.29 is 26.4 Å². The van der Waals surface area contributed by atoms with Crippen LogP contribution in [0.1, 0.15) is 36.5 Å². The minimum atomic E-state index is -3.90. The van der Waals surface area contributed by atoms with E-state index in [0.717, 1.165) is 49.2 Å². The van der Waals surface area contributed by atoms with Gasteiger partial charge in [0.05, 0.1) is 10.5 Å². The van der Waals surface area contributed by atoms with E-state index in [9.17, 15) is 26.4 Å². The van der Waals surface area contributed by atoms with Crippen LogP contribution in [-0.2, 0) is 10.0 Å². The largest absolute Gasteiger partial charge is 0.322 e. The molecular formula is C18H19F3N2O3S. The number of benzene rings is 2. The van der Waals surface area contributed by atoms with Gasteiger partial charge in [0, 0.05) is 18.3 Å². The molecule has 2 aromatic carbocycles. The molecule has 0 saturated heterocycles. The maximum absolute atomic E-state index is 14.0. The number of hydrogen-bond donors (Lipinski definition) is 2. The number of anilines is 1. The van der Waals surface area contributed by atoms with Crippen molar-refractivity contribution in [1.29, 1.82) is 0 Å². The first-order valence-electron chi connectivity index (χ1n) is 8.30. The van der Waals surface area contributed by atoms with Gasteiger partial charge in [-0.2, -0.15) is 0 Å². The smallest absolute Gasteiger partial charge is 0.258 e. The van der Waals surface area contributed by atoms with Crippen LogP contribution in [0.15, 0.2) is 41.3 Å². The third-order valence-electron chi connectivity index (χ3n) is 3.74. The minimum Gasteiger partial charge on any atom is -0.322 e. The summed E-state index contributed by atoms with van der Waals surface area (Å²) < 4.78 is 67.1. The lowest BCUT2D eigenvalue weighted by atomic mass is 10.2. The van der Waals surface area contributed by atoms with Gasteiger partial charge in [-0.1, -0.05) is 19.8 Å². The first-order chi connectivity index (χ1) is 12.7. The first-order valence-corrected chi connectivity index (χ1v) is 9.78. The van der Waals surface area contributed by atoms with E-state index in [0.29, 0.717) is 6.42 Å². The summed E-state index contributed by atoms with van der Waals surface area (Å²) >= 11 is 0. The van der Waals surface area contributed by atoms with Crippen LogP contribution in [0.4, 0.5) is 18.9 Å². The number of unbranched alkanes of at least 4 members (excludes halogenated alkanes) is 2. The van der Waals surface area contributed by atoms with Crippen LogP contribution in [0, 0.1) is 17.5 Å². The Morgan fingerprint density at radius 2 is 1.67 bits per heavy atom. The summed E-state index contributed by atoms with van der Waals surface area (Å²) in [5.74, 6) is -4.20. The molecule has 0 spiro atoms. The zero-order valence-electron chi connectivity index (χ0n) is 14.6. The molecule has 9 heteroatoms. The van der Waals surface area contributed by atoms with Crippen LogP contribution < -0.4 is 10.0 Å². The summed E-state index contributed by atoms with van der Waals surface area (Å²) in [6.45, 7) is 2.20. The van der Waals surface area contributed by atoms with Crippen molar-refractivity contribution in [2.75, 3.05) is 11.9 Å². The zero-order chi connectivity index (χ0) is 20.0. The van der Waals surface area contributed by atoms with Crippen molar-refractivity contribution in [2.24, 2.45) is 0 Å². The van der Waals surface area contributed by atoms with Crippen molar-refractivity contribution in [3.05, 3.63) is 59.4 Å². The van der Waals surface area contributed by atoms with E-state index < -0.39 is 38.9 Å². The Labute approximate surface area is 155 Å². The number of rotatable bonds is 8.